The quantitative estimate of drug-likeness (QED) is 0.533. The first-order valence-electron chi connectivity index (χ1n) is 10.7. The second-order valence-corrected chi connectivity index (χ2v) is 8.87. The number of anilines is 2. The summed E-state index contributed by atoms with van der Waals surface area (Å²) in [6.45, 7) is 6.58. The molecule has 0 spiro atoms. The molecule has 0 saturated carbocycles. The number of hydrogen-bond acceptors (Lipinski definition) is 4. The molecule has 3 aromatic rings. The SMILES string of the molecule is COc1cccc2c1-c1ccc3c(c1C(N(C)c1ccccc1)O2)C(C)=CC(C)(C)N3. The Morgan fingerprint density at radius 2 is 1.74 bits per heavy atom. The van der Waals surface area contributed by atoms with Gasteiger partial charge in [0.1, 0.15) is 11.5 Å². The van der Waals surface area contributed by atoms with Crippen LogP contribution in [0.2, 0.25) is 0 Å². The van der Waals surface area contributed by atoms with Crippen molar-refractivity contribution in [3.05, 3.63) is 77.9 Å². The molecule has 31 heavy (non-hydrogen) atoms. The third-order valence-electron chi connectivity index (χ3n) is 6.15. The van der Waals surface area contributed by atoms with Gasteiger partial charge in [-0.3, -0.25) is 0 Å². The highest BCUT2D eigenvalue weighted by Gasteiger charge is 2.36. The Balaban J connectivity index is 1.78. The maximum absolute atomic E-state index is 6.67. The van der Waals surface area contributed by atoms with E-state index in [1.807, 2.05) is 24.3 Å². The van der Waals surface area contributed by atoms with Crippen LogP contribution < -0.4 is 19.7 Å². The summed E-state index contributed by atoms with van der Waals surface area (Å²) in [5.74, 6) is 1.66. The first-order chi connectivity index (χ1) is 14.9. The van der Waals surface area contributed by atoms with Gasteiger partial charge in [-0.25, -0.2) is 0 Å². The highest BCUT2D eigenvalue weighted by atomic mass is 16.5. The van der Waals surface area contributed by atoms with Gasteiger partial charge in [0.25, 0.3) is 0 Å². The van der Waals surface area contributed by atoms with E-state index in [2.05, 4.69) is 80.5 Å². The van der Waals surface area contributed by atoms with Crippen molar-refractivity contribution in [2.24, 2.45) is 0 Å². The first-order valence-corrected chi connectivity index (χ1v) is 10.7. The van der Waals surface area contributed by atoms with E-state index >= 15 is 0 Å². The van der Waals surface area contributed by atoms with Gasteiger partial charge in [0.15, 0.2) is 6.23 Å². The van der Waals surface area contributed by atoms with Crippen molar-refractivity contribution in [2.45, 2.75) is 32.5 Å². The van der Waals surface area contributed by atoms with Crippen molar-refractivity contribution in [3.8, 4) is 22.6 Å². The van der Waals surface area contributed by atoms with E-state index in [4.69, 9.17) is 9.47 Å². The molecule has 3 aromatic carbocycles. The minimum atomic E-state index is -0.265. The minimum Gasteiger partial charge on any atom is -0.496 e. The molecule has 158 valence electrons. The van der Waals surface area contributed by atoms with Crippen LogP contribution in [-0.2, 0) is 0 Å². The molecule has 2 aliphatic rings. The standard InChI is InChI=1S/C27H28N2O2/c1-17-16-27(2,3)28-20-15-14-19-24-21(30-5)12-9-13-22(24)31-26(25(19)23(17)20)29(4)18-10-7-6-8-11-18/h6-16,26,28H,1-5H3. The normalized spacial score (nSPS) is 17.8. The average molecular weight is 413 g/mol. The maximum atomic E-state index is 6.67. The van der Waals surface area contributed by atoms with Crippen molar-refractivity contribution >= 4 is 16.9 Å². The van der Waals surface area contributed by atoms with Crippen LogP contribution in [0.5, 0.6) is 11.5 Å². The number of benzene rings is 3. The molecule has 2 aliphatic heterocycles. The molecule has 0 aromatic heterocycles. The van der Waals surface area contributed by atoms with Crippen LogP contribution >= 0.6 is 0 Å². The molecule has 4 nitrogen and oxygen atoms in total. The summed E-state index contributed by atoms with van der Waals surface area (Å²) in [5.41, 5.74) is 7.93. The summed E-state index contributed by atoms with van der Waals surface area (Å²) in [7, 11) is 3.80. The molecule has 1 atom stereocenters. The zero-order valence-electron chi connectivity index (χ0n) is 18.7. The van der Waals surface area contributed by atoms with Gasteiger partial charge < -0.3 is 19.7 Å². The predicted molar refractivity (Wildman–Crippen MR) is 128 cm³/mol. The zero-order valence-corrected chi connectivity index (χ0v) is 18.7. The molecule has 0 fully saturated rings. The topological polar surface area (TPSA) is 33.7 Å². The summed E-state index contributed by atoms with van der Waals surface area (Å²) in [6.07, 6.45) is 2.03. The van der Waals surface area contributed by atoms with Gasteiger partial charge in [-0.1, -0.05) is 36.4 Å². The monoisotopic (exact) mass is 412 g/mol. The molecule has 4 heteroatoms. The first kappa shape index (κ1) is 19.6. The van der Waals surface area contributed by atoms with Crippen molar-refractivity contribution in [2.75, 3.05) is 24.4 Å². The van der Waals surface area contributed by atoms with Crippen LogP contribution in [0.25, 0.3) is 16.7 Å². The largest absolute Gasteiger partial charge is 0.496 e. The van der Waals surface area contributed by atoms with Crippen molar-refractivity contribution in [1.82, 2.24) is 0 Å². The summed E-state index contributed by atoms with van der Waals surface area (Å²) < 4.78 is 12.4. The van der Waals surface area contributed by atoms with Gasteiger partial charge in [-0.2, -0.15) is 0 Å². The molecule has 0 bridgehead atoms. The number of ether oxygens (including phenoxy) is 2. The minimum absolute atomic E-state index is 0.0999. The summed E-state index contributed by atoms with van der Waals surface area (Å²) >= 11 is 0. The number of methoxy groups -OCH3 is 1. The average Bonchev–Trinajstić information content (AvgIpc) is 2.76. The van der Waals surface area contributed by atoms with E-state index in [1.165, 1.54) is 11.1 Å². The van der Waals surface area contributed by atoms with Gasteiger partial charge in [0.05, 0.1) is 18.2 Å². The van der Waals surface area contributed by atoms with Crippen molar-refractivity contribution < 1.29 is 9.47 Å². The number of nitrogens with zero attached hydrogens (tertiary/aromatic N) is 1. The molecule has 2 heterocycles. The Bertz CT molecular complexity index is 1180. The van der Waals surface area contributed by atoms with Crippen LogP contribution in [-0.4, -0.2) is 19.7 Å². The van der Waals surface area contributed by atoms with Gasteiger partial charge in [0.2, 0.25) is 0 Å². The van der Waals surface area contributed by atoms with Crippen molar-refractivity contribution in [1.29, 1.82) is 0 Å². The Morgan fingerprint density at radius 3 is 2.48 bits per heavy atom. The third-order valence-corrected chi connectivity index (χ3v) is 6.15. The van der Waals surface area contributed by atoms with Crippen LogP contribution in [0.4, 0.5) is 11.4 Å². The molecule has 0 radical (unpaired) electrons. The lowest BCUT2D eigenvalue weighted by atomic mass is 9.83. The highest BCUT2D eigenvalue weighted by molar-refractivity contribution is 5.91. The van der Waals surface area contributed by atoms with Crippen molar-refractivity contribution in [3.63, 3.8) is 0 Å². The number of rotatable bonds is 3. The highest BCUT2D eigenvalue weighted by Crippen LogP contribution is 2.52. The lowest BCUT2D eigenvalue weighted by Crippen LogP contribution is -2.35. The van der Waals surface area contributed by atoms with Crippen LogP contribution in [0.1, 0.15) is 38.1 Å². The van der Waals surface area contributed by atoms with Gasteiger partial charge in [-0.05, 0) is 62.2 Å². The lowest BCUT2D eigenvalue weighted by Gasteiger charge is -2.40. The van der Waals surface area contributed by atoms with E-state index in [-0.39, 0.29) is 11.8 Å². The number of hydrogen-bond donors (Lipinski definition) is 1. The second-order valence-electron chi connectivity index (χ2n) is 8.87. The van der Waals surface area contributed by atoms with E-state index in [1.54, 1.807) is 7.11 Å². The molecule has 0 aliphatic carbocycles. The Hall–Kier alpha value is -3.40. The maximum Gasteiger partial charge on any atom is 0.199 e. The third kappa shape index (κ3) is 3.14. The Labute approximate surface area is 184 Å². The summed E-state index contributed by atoms with van der Waals surface area (Å²) in [5, 5.41) is 3.69. The van der Waals surface area contributed by atoms with E-state index in [0.717, 1.165) is 39.6 Å². The summed E-state index contributed by atoms with van der Waals surface area (Å²) in [4.78, 5) is 2.20. The molecule has 1 unspecified atom stereocenters. The molecular formula is C27H28N2O2. The fraction of sp³-hybridized carbons (Fsp3) is 0.259. The zero-order chi connectivity index (χ0) is 21.8. The Morgan fingerprint density at radius 1 is 0.968 bits per heavy atom. The van der Waals surface area contributed by atoms with E-state index in [9.17, 15) is 0 Å². The van der Waals surface area contributed by atoms with Crippen LogP contribution in [0.3, 0.4) is 0 Å². The Kier molecular flexibility index (Phi) is 4.47. The number of allylic oxidation sites excluding steroid dienone is 1. The van der Waals surface area contributed by atoms with Crippen LogP contribution in [0.15, 0.2) is 66.7 Å². The second kappa shape index (κ2) is 7.09. The van der Waals surface area contributed by atoms with E-state index in [0.29, 0.717) is 0 Å². The molecule has 0 saturated heterocycles. The van der Waals surface area contributed by atoms with Crippen LogP contribution in [0, 0.1) is 0 Å². The predicted octanol–water partition coefficient (Wildman–Crippen LogP) is 6.50. The molecule has 1 N–H and O–H groups in total. The fourth-order valence-corrected chi connectivity index (χ4v) is 4.91. The van der Waals surface area contributed by atoms with Gasteiger partial charge in [-0.15, -0.1) is 0 Å². The summed E-state index contributed by atoms with van der Waals surface area (Å²) in [6, 6.07) is 20.8. The molecule has 0 amide bonds. The molecular weight excluding hydrogens is 384 g/mol. The lowest BCUT2D eigenvalue weighted by molar-refractivity contribution is 0.201. The van der Waals surface area contributed by atoms with Gasteiger partial charge in [0, 0.05) is 29.5 Å². The number of nitrogens with one attached hydrogen (secondary N) is 1. The van der Waals surface area contributed by atoms with Gasteiger partial charge >= 0.3 is 0 Å². The molecule has 5 rings (SSSR count). The van der Waals surface area contributed by atoms with E-state index < -0.39 is 0 Å². The smallest absolute Gasteiger partial charge is 0.199 e. The fourth-order valence-electron chi connectivity index (χ4n) is 4.91. The number of fused-ring (bicyclic) bond motifs is 5. The number of para-hydroxylation sites is 1.